The standard InChI is InChI=1S/C18H24N6O3S/c1-24(2)10-9-20-17(25)21-13-5-3-12(4-6-13)16-22-14(11-15(19)23-16)18(7-8-18)28(26)27/h3-6,11H,7-10H2,1-2H3,(H,26,27)(H2,19,22,23)(H2,20,21,25). The van der Waals surface area contributed by atoms with E-state index in [0.717, 1.165) is 6.54 Å². The third-order valence-electron chi connectivity index (χ3n) is 4.50. The molecule has 0 saturated heterocycles. The van der Waals surface area contributed by atoms with E-state index >= 15 is 0 Å². The minimum atomic E-state index is -2.01. The van der Waals surface area contributed by atoms with E-state index < -0.39 is 15.8 Å². The van der Waals surface area contributed by atoms with E-state index in [-0.39, 0.29) is 11.8 Å². The van der Waals surface area contributed by atoms with Crippen molar-refractivity contribution in [3.05, 3.63) is 36.0 Å². The van der Waals surface area contributed by atoms with Gasteiger partial charge in [0.05, 0.1) is 5.69 Å². The number of urea groups is 1. The zero-order valence-electron chi connectivity index (χ0n) is 15.8. The van der Waals surface area contributed by atoms with Crippen molar-refractivity contribution >= 4 is 28.6 Å². The molecule has 28 heavy (non-hydrogen) atoms. The summed E-state index contributed by atoms with van der Waals surface area (Å²) in [5.41, 5.74) is 7.70. The summed E-state index contributed by atoms with van der Waals surface area (Å²) in [7, 11) is 3.87. The molecule has 2 aromatic rings. The van der Waals surface area contributed by atoms with Crippen molar-refractivity contribution in [2.24, 2.45) is 0 Å². The van der Waals surface area contributed by atoms with Gasteiger partial charge in [-0.1, -0.05) is 0 Å². The van der Waals surface area contributed by atoms with Crippen LogP contribution in [0.3, 0.4) is 0 Å². The number of amides is 2. The summed E-state index contributed by atoms with van der Waals surface area (Å²) < 4.78 is 20.4. The zero-order valence-corrected chi connectivity index (χ0v) is 16.6. The first-order chi connectivity index (χ1) is 13.3. The molecule has 9 nitrogen and oxygen atoms in total. The van der Waals surface area contributed by atoms with Crippen LogP contribution < -0.4 is 16.4 Å². The normalized spacial score (nSPS) is 15.9. The van der Waals surface area contributed by atoms with Crippen molar-refractivity contribution < 1.29 is 13.6 Å². The first kappa shape index (κ1) is 20.2. The fourth-order valence-corrected chi connectivity index (χ4v) is 3.47. The molecule has 1 aromatic carbocycles. The van der Waals surface area contributed by atoms with Crippen molar-refractivity contribution in [3.8, 4) is 11.4 Å². The Morgan fingerprint density at radius 3 is 2.54 bits per heavy atom. The molecule has 1 heterocycles. The number of nitrogens with one attached hydrogen (secondary N) is 2. The molecular weight excluding hydrogens is 380 g/mol. The van der Waals surface area contributed by atoms with Gasteiger partial charge in [-0.25, -0.2) is 19.0 Å². The van der Waals surface area contributed by atoms with Gasteiger partial charge in [-0.15, -0.1) is 0 Å². The van der Waals surface area contributed by atoms with Crippen molar-refractivity contribution in [1.82, 2.24) is 20.2 Å². The Bertz CT molecular complexity index is 883. The van der Waals surface area contributed by atoms with Crippen LogP contribution in [-0.2, 0) is 15.8 Å². The highest BCUT2D eigenvalue weighted by atomic mass is 32.2. The second-order valence-electron chi connectivity index (χ2n) is 7.01. The van der Waals surface area contributed by atoms with Crippen LogP contribution in [0.4, 0.5) is 16.3 Å². The van der Waals surface area contributed by atoms with Crippen LogP contribution in [0.2, 0.25) is 0 Å². The van der Waals surface area contributed by atoms with E-state index in [9.17, 15) is 13.6 Å². The van der Waals surface area contributed by atoms with Gasteiger partial charge in [-0.2, -0.15) is 0 Å². The smallest absolute Gasteiger partial charge is 0.319 e. The molecule has 10 heteroatoms. The molecule has 5 N–H and O–H groups in total. The van der Waals surface area contributed by atoms with Gasteiger partial charge in [0.2, 0.25) is 0 Å². The lowest BCUT2D eigenvalue weighted by Gasteiger charge is -2.13. The monoisotopic (exact) mass is 404 g/mol. The lowest BCUT2D eigenvalue weighted by atomic mass is 10.1. The maximum Gasteiger partial charge on any atom is 0.319 e. The van der Waals surface area contributed by atoms with Crippen molar-refractivity contribution in [2.75, 3.05) is 38.2 Å². The van der Waals surface area contributed by atoms with Gasteiger partial charge in [0.15, 0.2) is 16.9 Å². The van der Waals surface area contributed by atoms with Crippen molar-refractivity contribution in [2.45, 2.75) is 17.6 Å². The number of likely N-dealkylation sites (N-methyl/N-ethyl adjacent to an activating group) is 1. The summed E-state index contributed by atoms with van der Waals surface area (Å²) in [5.74, 6) is 0.632. The molecule has 1 unspecified atom stereocenters. The number of hydrogen-bond acceptors (Lipinski definition) is 6. The predicted octanol–water partition coefficient (Wildman–Crippen LogP) is 1.62. The van der Waals surface area contributed by atoms with Crippen LogP contribution in [0.25, 0.3) is 11.4 Å². The Balaban J connectivity index is 1.71. The molecule has 0 aliphatic heterocycles. The summed E-state index contributed by atoms with van der Waals surface area (Å²) >= 11 is -2.01. The van der Waals surface area contributed by atoms with Crippen LogP contribution in [0.15, 0.2) is 30.3 Å². The van der Waals surface area contributed by atoms with Gasteiger partial charge < -0.3 is 25.8 Å². The molecule has 1 saturated carbocycles. The molecule has 0 radical (unpaired) electrons. The number of aromatic nitrogens is 2. The summed E-state index contributed by atoms with van der Waals surface area (Å²) in [6.45, 7) is 1.30. The number of nitrogen functional groups attached to an aromatic ring is 1. The molecule has 1 aliphatic rings. The van der Waals surface area contributed by atoms with Crippen LogP contribution in [0, 0.1) is 0 Å². The van der Waals surface area contributed by atoms with E-state index in [1.807, 2.05) is 19.0 Å². The van der Waals surface area contributed by atoms with E-state index in [2.05, 4.69) is 20.6 Å². The Hall–Kier alpha value is -2.56. The minimum Gasteiger partial charge on any atom is -0.384 e. The molecule has 1 fully saturated rings. The first-order valence-corrected chi connectivity index (χ1v) is 9.97. The molecule has 1 atom stereocenters. The van der Waals surface area contributed by atoms with Crippen molar-refractivity contribution in [1.29, 1.82) is 0 Å². The van der Waals surface area contributed by atoms with E-state index in [1.54, 1.807) is 30.3 Å². The molecular formula is C18H24N6O3S. The second kappa shape index (κ2) is 8.21. The number of hydrogen-bond donors (Lipinski definition) is 4. The Labute approximate surface area is 166 Å². The van der Waals surface area contributed by atoms with Gasteiger partial charge in [0.1, 0.15) is 10.6 Å². The van der Waals surface area contributed by atoms with Gasteiger partial charge in [0, 0.05) is 30.4 Å². The minimum absolute atomic E-state index is 0.249. The summed E-state index contributed by atoms with van der Waals surface area (Å²) in [6.07, 6.45) is 1.19. The first-order valence-electron chi connectivity index (χ1n) is 8.86. The Kier molecular flexibility index (Phi) is 5.92. The molecule has 0 spiro atoms. The average molecular weight is 404 g/mol. The largest absolute Gasteiger partial charge is 0.384 e. The van der Waals surface area contributed by atoms with E-state index in [1.165, 1.54) is 0 Å². The molecule has 2 amide bonds. The third kappa shape index (κ3) is 4.64. The third-order valence-corrected chi connectivity index (χ3v) is 5.78. The number of nitrogens with two attached hydrogens (primary N) is 1. The van der Waals surface area contributed by atoms with Crippen LogP contribution in [0.1, 0.15) is 18.5 Å². The van der Waals surface area contributed by atoms with Crippen molar-refractivity contribution in [3.63, 3.8) is 0 Å². The quantitative estimate of drug-likeness (QED) is 0.515. The number of nitrogens with zero attached hydrogens (tertiary/aromatic N) is 3. The highest BCUT2D eigenvalue weighted by Gasteiger charge is 2.52. The number of carbonyl (C=O) groups excluding carboxylic acids is 1. The number of carbonyl (C=O) groups is 1. The predicted molar refractivity (Wildman–Crippen MR) is 109 cm³/mol. The maximum atomic E-state index is 11.9. The van der Waals surface area contributed by atoms with Gasteiger partial charge >= 0.3 is 6.03 Å². The van der Waals surface area contributed by atoms with Gasteiger partial charge in [-0.3, -0.25) is 0 Å². The molecule has 0 bridgehead atoms. The molecule has 1 aromatic heterocycles. The summed E-state index contributed by atoms with van der Waals surface area (Å²) in [4.78, 5) is 22.6. The molecule has 150 valence electrons. The Morgan fingerprint density at radius 1 is 1.29 bits per heavy atom. The molecule has 3 rings (SSSR count). The van der Waals surface area contributed by atoms with Crippen LogP contribution >= 0.6 is 0 Å². The number of anilines is 2. The topological polar surface area (TPSA) is 133 Å². The Morgan fingerprint density at radius 2 is 1.96 bits per heavy atom. The maximum absolute atomic E-state index is 11.9. The van der Waals surface area contributed by atoms with E-state index in [0.29, 0.717) is 42.2 Å². The van der Waals surface area contributed by atoms with Crippen LogP contribution in [-0.4, -0.2) is 56.8 Å². The van der Waals surface area contributed by atoms with Gasteiger partial charge in [0.25, 0.3) is 0 Å². The summed E-state index contributed by atoms with van der Waals surface area (Å²) in [6, 6.07) is 8.29. The fourth-order valence-electron chi connectivity index (χ4n) is 2.73. The fraction of sp³-hybridized carbons (Fsp3) is 0.389. The highest BCUT2D eigenvalue weighted by molar-refractivity contribution is 7.80. The van der Waals surface area contributed by atoms with E-state index in [4.69, 9.17) is 5.73 Å². The van der Waals surface area contributed by atoms with Gasteiger partial charge in [-0.05, 0) is 51.2 Å². The lowest BCUT2D eigenvalue weighted by Crippen LogP contribution is -2.34. The SMILES string of the molecule is CN(C)CCNC(=O)Nc1ccc(-c2nc(N)cc(C3(S(=O)O)CC3)n2)cc1. The average Bonchev–Trinajstić information content (AvgIpc) is 3.43. The lowest BCUT2D eigenvalue weighted by molar-refractivity contribution is 0.250. The summed E-state index contributed by atoms with van der Waals surface area (Å²) in [5, 5.41) is 5.53. The van der Waals surface area contributed by atoms with Crippen LogP contribution in [0.5, 0.6) is 0 Å². The second-order valence-corrected chi connectivity index (χ2v) is 8.29. The molecule has 1 aliphatic carbocycles. The number of rotatable bonds is 7. The highest BCUT2D eigenvalue weighted by Crippen LogP contribution is 2.50. The zero-order chi connectivity index (χ0) is 20.3. The number of benzene rings is 1.